The predicted octanol–water partition coefficient (Wildman–Crippen LogP) is 4.61. The van der Waals surface area contributed by atoms with E-state index in [1.165, 1.54) is 17.3 Å². The van der Waals surface area contributed by atoms with Crippen LogP contribution in [0.3, 0.4) is 0 Å². The van der Waals surface area contributed by atoms with Gasteiger partial charge in [0.15, 0.2) is 5.17 Å². The fourth-order valence-electron chi connectivity index (χ4n) is 2.76. The molecule has 0 aliphatic carbocycles. The minimum atomic E-state index is -0.0727. The van der Waals surface area contributed by atoms with Gasteiger partial charge in [0.05, 0.1) is 24.3 Å². The van der Waals surface area contributed by atoms with Crippen LogP contribution in [0.15, 0.2) is 57.3 Å². The first-order valence-corrected chi connectivity index (χ1v) is 9.74. The highest BCUT2D eigenvalue weighted by Gasteiger charge is 2.37. The molecule has 2 heterocycles. The monoisotopic (exact) mass is 369 g/mol. The molecule has 1 aliphatic rings. The van der Waals surface area contributed by atoms with Gasteiger partial charge in [0, 0.05) is 0 Å². The molecule has 0 bridgehead atoms. The first-order chi connectivity index (χ1) is 12.7. The van der Waals surface area contributed by atoms with Crippen molar-refractivity contribution in [2.24, 2.45) is 10.2 Å². The largest absolute Gasteiger partial charge is 0.463 e. The van der Waals surface area contributed by atoms with Crippen molar-refractivity contribution in [2.45, 2.75) is 44.9 Å². The minimum absolute atomic E-state index is 0.0727. The Hall–Kier alpha value is -2.34. The van der Waals surface area contributed by atoms with Crippen LogP contribution in [0.25, 0.3) is 0 Å². The lowest BCUT2D eigenvalue weighted by molar-refractivity contribution is -0.126. The molecular formula is C20H23N3O2S. The number of hydrogen-bond donors (Lipinski definition) is 0. The highest BCUT2D eigenvalue weighted by Crippen LogP contribution is 2.32. The number of carbonyl (C=O) groups is 1. The molecule has 5 nitrogen and oxygen atoms in total. The molecule has 1 aliphatic heterocycles. The van der Waals surface area contributed by atoms with E-state index in [1.54, 1.807) is 23.4 Å². The molecule has 1 aromatic heterocycles. The van der Waals surface area contributed by atoms with Crippen molar-refractivity contribution >= 4 is 29.1 Å². The topological polar surface area (TPSA) is 58.2 Å². The SMILES string of the molecule is CCCCC1SC(=NN=Cc2ccco2)N(Cc2ccccc2C)C1=O. The molecule has 0 N–H and O–H groups in total. The number of aryl methyl sites for hydroxylation is 1. The highest BCUT2D eigenvalue weighted by molar-refractivity contribution is 8.15. The van der Waals surface area contributed by atoms with Crippen molar-refractivity contribution in [3.63, 3.8) is 0 Å². The average molecular weight is 369 g/mol. The van der Waals surface area contributed by atoms with Crippen molar-refractivity contribution in [1.82, 2.24) is 4.90 Å². The fourth-order valence-corrected chi connectivity index (χ4v) is 3.91. The molecule has 136 valence electrons. The molecular weight excluding hydrogens is 346 g/mol. The summed E-state index contributed by atoms with van der Waals surface area (Å²) in [6, 6.07) is 11.7. The van der Waals surface area contributed by atoms with E-state index in [-0.39, 0.29) is 11.2 Å². The van der Waals surface area contributed by atoms with Gasteiger partial charge in [-0.1, -0.05) is 55.8 Å². The zero-order valence-corrected chi connectivity index (χ0v) is 15.9. The maximum atomic E-state index is 12.9. The number of hydrogen-bond acceptors (Lipinski definition) is 5. The molecule has 1 atom stereocenters. The van der Waals surface area contributed by atoms with Gasteiger partial charge in [0.1, 0.15) is 5.76 Å². The second-order valence-electron chi connectivity index (χ2n) is 6.24. The number of rotatable bonds is 7. The van der Waals surface area contributed by atoms with Crippen LogP contribution in [-0.2, 0) is 11.3 Å². The number of unbranched alkanes of at least 4 members (excludes halogenated alkanes) is 1. The van der Waals surface area contributed by atoms with Crippen molar-refractivity contribution in [1.29, 1.82) is 0 Å². The molecule has 0 spiro atoms. The van der Waals surface area contributed by atoms with Gasteiger partial charge in [-0.25, -0.2) is 0 Å². The number of thioether (sulfide) groups is 1. The molecule has 6 heteroatoms. The van der Waals surface area contributed by atoms with E-state index in [4.69, 9.17) is 4.42 Å². The number of furan rings is 1. The maximum absolute atomic E-state index is 12.9. The molecule has 1 unspecified atom stereocenters. The zero-order chi connectivity index (χ0) is 18.4. The van der Waals surface area contributed by atoms with Gasteiger partial charge in [-0.05, 0) is 36.6 Å². The third-order valence-electron chi connectivity index (χ3n) is 4.30. The van der Waals surface area contributed by atoms with E-state index in [0.717, 1.165) is 24.8 Å². The predicted molar refractivity (Wildman–Crippen MR) is 106 cm³/mol. The summed E-state index contributed by atoms with van der Waals surface area (Å²) in [5.41, 5.74) is 2.29. The van der Waals surface area contributed by atoms with Crippen molar-refractivity contribution in [2.75, 3.05) is 0 Å². The second kappa shape index (κ2) is 8.85. The number of nitrogens with zero attached hydrogens (tertiary/aromatic N) is 3. The lowest BCUT2D eigenvalue weighted by atomic mass is 10.1. The summed E-state index contributed by atoms with van der Waals surface area (Å²) in [5.74, 6) is 0.760. The van der Waals surface area contributed by atoms with Crippen molar-refractivity contribution in [3.05, 3.63) is 59.5 Å². The third kappa shape index (κ3) is 4.43. The Balaban J connectivity index is 1.81. The summed E-state index contributed by atoms with van der Waals surface area (Å²) in [6.45, 7) is 4.72. The second-order valence-corrected chi connectivity index (χ2v) is 7.41. The Bertz CT molecular complexity index is 799. The average Bonchev–Trinajstić information content (AvgIpc) is 3.25. The first-order valence-electron chi connectivity index (χ1n) is 8.86. The van der Waals surface area contributed by atoms with Gasteiger partial charge >= 0.3 is 0 Å². The van der Waals surface area contributed by atoms with Crippen LogP contribution in [0.5, 0.6) is 0 Å². The quantitative estimate of drug-likeness (QED) is 0.529. The number of carbonyl (C=O) groups excluding carboxylic acids is 1. The van der Waals surface area contributed by atoms with Crippen LogP contribution in [0.4, 0.5) is 0 Å². The third-order valence-corrected chi connectivity index (χ3v) is 5.54. The Labute approximate surface area is 158 Å². The van der Waals surface area contributed by atoms with Gasteiger partial charge < -0.3 is 4.42 Å². The van der Waals surface area contributed by atoms with E-state index in [0.29, 0.717) is 17.5 Å². The molecule has 0 radical (unpaired) electrons. The number of amidine groups is 1. The van der Waals surface area contributed by atoms with E-state index < -0.39 is 0 Å². The lowest BCUT2D eigenvalue weighted by Crippen LogP contribution is -2.31. The number of benzene rings is 1. The van der Waals surface area contributed by atoms with Crippen molar-refractivity contribution < 1.29 is 9.21 Å². The lowest BCUT2D eigenvalue weighted by Gasteiger charge is -2.17. The maximum Gasteiger partial charge on any atom is 0.242 e. The Morgan fingerprint density at radius 2 is 2.12 bits per heavy atom. The minimum Gasteiger partial charge on any atom is -0.463 e. The van der Waals surface area contributed by atoms with Crippen LogP contribution in [0.1, 0.15) is 43.1 Å². The van der Waals surface area contributed by atoms with Crippen LogP contribution in [0, 0.1) is 6.92 Å². The van der Waals surface area contributed by atoms with Gasteiger partial charge in [-0.15, -0.1) is 5.10 Å². The molecule has 1 saturated heterocycles. The van der Waals surface area contributed by atoms with Crippen molar-refractivity contribution in [3.8, 4) is 0 Å². The summed E-state index contributed by atoms with van der Waals surface area (Å²) in [7, 11) is 0. The molecule has 3 rings (SSSR count). The van der Waals surface area contributed by atoms with Gasteiger partial charge in [-0.2, -0.15) is 5.10 Å². The van der Waals surface area contributed by atoms with Crippen LogP contribution < -0.4 is 0 Å². The Morgan fingerprint density at radius 3 is 2.85 bits per heavy atom. The fraction of sp³-hybridized carbons (Fsp3) is 0.350. The summed E-state index contributed by atoms with van der Waals surface area (Å²) >= 11 is 1.51. The summed E-state index contributed by atoms with van der Waals surface area (Å²) in [6.07, 6.45) is 6.12. The molecule has 1 amide bonds. The summed E-state index contributed by atoms with van der Waals surface area (Å²) < 4.78 is 5.23. The molecule has 2 aromatic rings. The standard InChI is InChI=1S/C20H23N3O2S/c1-3-4-11-18-19(24)23(14-16-9-6-5-8-15(16)2)20(26-18)22-21-13-17-10-7-12-25-17/h5-10,12-13,18H,3-4,11,14H2,1-2H3. The van der Waals surface area contributed by atoms with Gasteiger partial charge in [-0.3, -0.25) is 9.69 Å². The number of amides is 1. The van der Waals surface area contributed by atoms with Gasteiger partial charge in [0.2, 0.25) is 5.91 Å². The first kappa shape index (κ1) is 18.5. The normalized spacial score (nSPS) is 19.2. The van der Waals surface area contributed by atoms with Crippen LogP contribution in [0.2, 0.25) is 0 Å². The Kier molecular flexibility index (Phi) is 6.28. The summed E-state index contributed by atoms with van der Waals surface area (Å²) in [5, 5.41) is 9.00. The molecule has 1 aromatic carbocycles. The molecule has 0 saturated carbocycles. The smallest absolute Gasteiger partial charge is 0.242 e. The van der Waals surface area contributed by atoms with Crippen LogP contribution in [-0.4, -0.2) is 27.4 Å². The molecule has 1 fully saturated rings. The van der Waals surface area contributed by atoms with Gasteiger partial charge in [0.25, 0.3) is 0 Å². The van der Waals surface area contributed by atoms with E-state index >= 15 is 0 Å². The Morgan fingerprint density at radius 1 is 1.27 bits per heavy atom. The van der Waals surface area contributed by atoms with Crippen LogP contribution >= 0.6 is 11.8 Å². The molecule has 26 heavy (non-hydrogen) atoms. The summed E-state index contributed by atoms with van der Waals surface area (Å²) in [4.78, 5) is 14.6. The van der Waals surface area contributed by atoms with E-state index in [9.17, 15) is 4.79 Å². The zero-order valence-electron chi connectivity index (χ0n) is 15.1. The van der Waals surface area contributed by atoms with E-state index in [1.807, 2.05) is 18.2 Å². The van der Waals surface area contributed by atoms with E-state index in [2.05, 4.69) is 36.2 Å². The highest BCUT2D eigenvalue weighted by atomic mass is 32.2.